The molecule has 1 aliphatic heterocycles. The van der Waals surface area contributed by atoms with Crippen LogP contribution in [0.5, 0.6) is 5.75 Å². The molecule has 29 heavy (non-hydrogen) atoms. The minimum atomic E-state index is -0.550. The van der Waals surface area contributed by atoms with Crippen molar-refractivity contribution in [3.05, 3.63) is 54.1 Å². The van der Waals surface area contributed by atoms with Crippen LogP contribution in [0.2, 0.25) is 0 Å². The Morgan fingerprint density at radius 2 is 2.17 bits per heavy atom. The number of aliphatic hydroxyl groups is 1. The summed E-state index contributed by atoms with van der Waals surface area (Å²) < 4.78 is 20.6. The molecular formula is C20H20FN5O3. The molecule has 8 nitrogen and oxygen atoms in total. The molecule has 9 heteroatoms. The fraction of sp³-hybridized carbons (Fsp3) is 0.350. The maximum Gasteiger partial charge on any atom is 0.413 e. The minimum Gasteiger partial charge on any atom is -0.405 e. The van der Waals surface area contributed by atoms with E-state index in [1.54, 1.807) is 18.3 Å². The molecule has 0 unspecified atom stereocenters. The van der Waals surface area contributed by atoms with Gasteiger partial charge in [0.1, 0.15) is 11.6 Å². The summed E-state index contributed by atoms with van der Waals surface area (Å²) in [7, 11) is 0. The molecule has 0 spiro atoms. The number of hydrogen-bond donors (Lipinski definition) is 2. The van der Waals surface area contributed by atoms with Crippen LogP contribution >= 0.6 is 0 Å². The molecule has 3 aromatic rings. The number of hydrogen-bond acceptors (Lipinski definition) is 6. The summed E-state index contributed by atoms with van der Waals surface area (Å²) in [5.74, 6) is 0.531. The Labute approximate surface area is 165 Å². The SMILES string of the molecule is O=C(NC1CC1)Oc1cnn2ccc(N3C[C@H](O)C[C@@H]3c3cccc(F)c3)nc12. The normalized spacial score (nSPS) is 21.5. The van der Waals surface area contributed by atoms with Crippen LogP contribution < -0.4 is 15.0 Å². The van der Waals surface area contributed by atoms with Crippen LogP contribution in [0.3, 0.4) is 0 Å². The fourth-order valence-electron chi connectivity index (χ4n) is 3.69. The molecule has 2 aliphatic rings. The number of carbonyl (C=O) groups is 1. The second kappa shape index (κ2) is 7.00. The van der Waals surface area contributed by atoms with Gasteiger partial charge in [-0.05, 0) is 43.0 Å². The molecule has 1 amide bonds. The van der Waals surface area contributed by atoms with Crippen molar-refractivity contribution < 1.29 is 19.0 Å². The summed E-state index contributed by atoms with van der Waals surface area (Å²) in [5.41, 5.74) is 1.17. The average Bonchev–Trinajstić information content (AvgIpc) is 3.29. The van der Waals surface area contributed by atoms with E-state index in [4.69, 9.17) is 4.74 Å². The van der Waals surface area contributed by atoms with E-state index >= 15 is 0 Å². The zero-order chi connectivity index (χ0) is 20.0. The highest BCUT2D eigenvalue weighted by Crippen LogP contribution is 2.36. The highest BCUT2D eigenvalue weighted by Gasteiger charge is 2.33. The summed E-state index contributed by atoms with van der Waals surface area (Å²) in [6.07, 6.45) is 4.49. The number of rotatable bonds is 4. The number of fused-ring (bicyclic) bond motifs is 1. The van der Waals surface area contributed by atoms with Crippen LogP contribution in [0.25, 0.3) is 5.65 Å². The predicted molar refractivity (Wildman–Crippen MR) is 102 cm³/mol. The van der Waals surface area contributed by atoms with E-state index in [-0.39, 0.29) is 23.7 Å². The fourth-order valence-corrected chi connectivity index (χ4v) is 3.69. The molecule has 0 bridgehead atoms. The molecule has 150 valence electrons. The predicted octanol–water partition coefficient (Wildman–Crippen LogP) is 2.43. The molecule has 2 N–H and O–H groups in total. The second-order valence-electron chi connectivity index (χ2n) is 7.48. The van der Waals surface area contributed by atoms with Gasteiger partial charge in [-0.15, -0.1) is 0 Å². The van der Waals surface area contributed by atoms with E-state index in [0.29, 0.717) is 24.4 Å². The zero-order valence-corrected chi connectivity index (χ0v) is 15.5. The Kier molecular flexibility index (Phi) is 4.31. The topological polar surface area (TPSA) is 92.0 Å². The van der Waals surface area contributed by atoms with Crippen molar-refractivity contribution in [3.63, 3.8) is 0 Å². The van der Waals surface area contributed by atoms with Crippen LogP contribution in [0.4, 0.5) is 15.0 Å². The van der Waals surface area contributed by atoms with E-state index in [0.717, 1.165) is 18.4 Å². The molecule has 5 rings (SSSR count). The van der Waals surface area contributed by atoms with Crippen LogP contribution in [0.1, 0.15) is 30.9 Å². The van der Waals surface area contributed by atoms with Crippen LogP contribution in [-0.2, 0) is 0 Å². The van der Waals surface area contributed by atoms with Crippen molar-refractivity contribution in [3.8, 4) is 5.75 Å². The van der Waals surface area contributed by atoms with Gasteiger partial charge in [-0.25, -0.2) is 18.7 Å². The molecule has 1 aliphatic carbocycles. The lowest BCUT2D eigenvalue weighted by Gasteiger charge is -2.25. The number of anilines is 1. The standard InChI is InChI=1S/C20H20FN5O3/c21-13-3-1-2-12(8-13)16-9-15(27)11-25(16)18-6-7-26-19(24-18)17(10-22-26)29-20(28)23-14-4-5-14/h1-3,6-8,10,14-16,27H,4-5,9,11H2,(H,23,28)/t15-,16-/m1/s1. The molecule has 1 saturated carbocycles. The number of nitrogens with one attached hydrogen (secondary N) is 1. The number of benzene rings is 1. The van der Waals surface area contributed by atoms with Crippen molar-refractivity contribution in [1.82, 2.24) is 19.9 Å². The van der Waals surface area contributed by atoms with Crippen molar-refractivity contribution in [2.75, 3.05) is 11.4 Å². The van der Waals surface area contributed by atoms with Gasteiger partial charge in [-0.1, -0.05) is 12.1 Å². The third-order valence-corrected chi connectivity index (χ3v) is 5.23. The van der Waals surface area contributed by atoms with Gasteiger partial charge in [-0.2, -0.15) is 5.10 Å². The molecule has 1 aromatic carbocycles. The largest absolute Gasteiger partial charge is 0.413 e. The number of aromatic nitrogens is 3. The lowest BCUT2D eigenvalue weighted by molar-refractivity contribution is 0.194. The van der Waals surface area contributed by atoms with E-state index < -0.39 is 12.2 Å². The Morgan fingerprint density at radius 1 is 1.31 bits per heavy atom. The van der Waals surface area contributed by atoms with Crippen molar-refractivity contribution in [2.45, 2.75) is 37.5 Å². The summed E-state index contributed by atoms with van der Waals surface area (Å²) in [4.78, 5) is 18.5. The van der Waals surface area contributed by atoms with Gasteiger partial charge >= 0.3 is 6.09 Å². The summed E-state index contributed by atoms with van der Waals surface area (Å²) >= 11 is 0. The minimum absolute atomic E-state index is 0.186. The first-order chi connectivity index (χ1) is 14.1. The van der Waals surface area contributed by atoms with Gasteiger partial charge in [0, 0.05) is 18.8 Å². The molecular weight excluding hydrogens is 377 g/mol. The third kappa shape index (κ3) is 3.61. The molecule has 3 heterocycles. The number of carbonyl (C=O) groups excluding carboxylic acids is 1. The molecule has 0 radical (unpaired) electrons. The summed E-state index contributed by atoms with van der Waals surface area (Å²) in [6, 6.07) is 8.12. The van der Waals surface area contributed by atoms with Gasteiger partial charge in [-0.3, -0.25) is 0 Å². The van der Waals surface area contributed by atoms with Gasteiger partial charge in [0.25, 0.3) is 0 Å². The first-order valence-electron chi connectivity index (χ1n) is 9.60. The van der Waals surface area contributed by atoms with Crippen molar-refractivity contribution >= 4 is 17.6 Å². The number of ether oxygens (including phenoxy) is 1. The van der Waals surface area contributed by atoms with Gasteiger partial charge in [0.05, 0.1) is 18.3 Å². The van der Waals surface area contributed by atoms with Crippen molar-refractivity contribution in [1.29, 1.82) is 0 Å². The first kappa shape index (κ1) is 17.9. The maximum atomic E-state index is 13.7. The second-order valence-corrected chi connectivity index (χ2v) is 7.48. The lowest BCUT2D eigenvalue weighted by atomic mass is 10.0. The molecule has 2 atom stereocenters. The van der Waals surface area contributed by atoms with E-state index in [1.807, 2.05) is 11.0 Å². The van der Waals surface area contributed by atoms with Gasteiger partial charge in [0.2, 0.25) is 5.65 Å². The van der Waals surface area contributed by atoms with E-state index in [2.05, 4.69) is 15.4 Å². The van der Waals surface area contributed by atoms with E-state index in [1.165, 1.54) is 22.8 Å². The van der Waals surface area contributed by atoms with Gasteiger partial charge < -0.3 is 20.1 Å². The Bertz CT molecular complexity index is 1070. The summed E-state index contributed by atoms with van der Waals surface area (Å²) in [5, 5.41) is 17.2. The third-order valence-electron chi connectivity index (χ3n) is 5.23. The smallest absolute Gasteiger partial charge is 0.405 e. The Balaban J connectivity index is 1.45. The quantitative estimate of drug-likeness (QED) is 0.703. The van der Waals surface area contributed by atoms with Crippen molar-refractivity contribution in [2.24, 2.45) is 0 Å². The van der Waals surface area contributed by atoms with Gasteiger partial charge in [0.15, 0.2) is 5.75 Å². The summed E-state index contributed by atoms with van der Waals surface area (Å²) in [6.45, 7) is 0.372. The zero-order valence-electron chi connectivity index (χ0n) is 15.5. The lowest BCUT2D eigenvalue weighted by Crippen LogP contribution is -2.28. The number of nitrogens with zero attached hydrogens (tertiary/aromatic N) is 4. The number of β-amino-alcohol motifs (C(OH)–C–C–N with tert-alkyl or cyclic N) is 1. The van der Waals surface area contributed by atoms with E-state index in [9.17, 15) is 14.3 Å². The average molecular weight is 397 g/mol. The molecule has 2 aromatic heterocycles. The number of amides is 1. The number of aliphatic hydroxyl groups excluding tert-OH is 1. The molecule has 2 fully saturated rings. The van der Waals surface area contributed by atoms with Crippen LogP contribution in [0.15, 0.2) is 42.7 Å². The maximum absolute atomic E-state index is 13.7. The van der Waals surface area contributed by atoms with Crippen LogP contribution in [-0.4, -0.2) is 44.5 Å². The Morgan fingerprint density at radius 3 is 2.97 bits per heavy atom. The highest BCUT2D eigenvalue weighted by atomic mass is 19.1. The van der Waals surface area contributed by atoms with Crippen LogP contribution in [0, 0.1) is 5.82 Å². The monoisotopic (exact) mass is 397 g/mol. The highest BCUT2D eigenvalue weighted by molar-refractivity contribution is 5.74. The number of halogens is 1. The molecule has 1 saturated heterocycles. The first-order valence-corrected chi connectivity index (χ1v) is 9.60. The Hall–Kier alpha value is -3.20.